The first-order valence-corrected chi connectivity index (χ1v) is 23.6. The number of pyridine rings is 1. The molecule has 3 amide bonds. The van der Waals surface area contributed by atoms with Crippen LogP contribution in [0.5, 0.6) is 0 Å². The molecule has 348 valence electrons. The van der Waals surface area contributed by atoms with Gasteiger partial charge in [0.25, 0.3) is 31.9 Å². The number of carbonyl (C=O) groups excluding carboxylic acids is 4. The number of imidazole rings is 1. The lowest BCUT2D eigenvalue weighted by Crippen LogP contribution is -2.40. The van der Waals surface area contributed by atoms with E-state index in [9.17, 15) is 41.1 Å². The van der Waals surface area contributed by atoms with Crippen LogP contribution >= 0.6 is 0 Å². The lowest BCUT2D eigenvalue weighted by molar-refractivity contribution is -0.139. The molecule has 0 saturated carbocycles. The van der Waals surface area contributed by atoms with E-state index in [4.69, 9.17) is 20.2 Å². The SMILES string of the molecule is COCCc1nc2c(N)nc3ccccc3c2n1CCCN(Cc1ccc(CC(=O)OC)cc1)C(=O)CN(C)CCO.O=C1NS(=O)(=O)c2ccccc21.O=C1NS(=O)(=O)c2ccccc21. The van der Waals surface area contributed by atoms with Crippen LogP contribution in [0.3, 0.4) is 0 Å². The van der Waals surface area contributed by atoms with Crippen molar-refractivity contribution in [1.29, 1.82) is 0 Å². The molecule has 8 rings (SSSR count). The summed E-state index contributed by atoms with van der Waals surface area (Å²) in [5.41, 5.74) is 11.0. The van der Waals surface area contributed by atoms with Crippen molar-refractivity contribution < 1.29 is 50.6 Å². The average molecular weight is 943 g/mol. The molecule has 0 saturated heterocycles. The molecule has 66 heavy (non-hydrogen) atoms. The molecule has 4 aromatic carbocycles. The first kappa shape index (κ1) is 48.7. The van der Waals surface area contributed by atoms with E-state index in [-0.39, 0.29) is 52.4 Å². The van der Waals surface area contributed by atoms with E-state index in [0.717, 1.165) is 33.4 Å². The molecular weight excluding hydrogens is 893 g/mol. The summed E-state index contributed by atoms with van der Waals surface area (Å²) >= 11 is 0. The minimum absolute atomic E-state index is 0.0185. The fraction of sp³-hybridized carbons (Fsp3) is 0.289. The smallest absolute Gasteiger partial charge is 0.309 e. The number of amides is 3. The highest BCUT2D eigenvalue weighted by molar-refractivity contribution is 7.91. The second kappa shape index (κ2) is 21.5. The van der Waals surface area contributed by atoms with Gasteiger partial charge in [-0.2, -0.15) is 0 Å². The highest BCUT2D eigenvalue weighted by Crippen LogP contribution is 2.29. The third-order valence-corrected chi connectivity index (χ3v) is 13.3. The number of anilines is 1. The maximum atomic E-state index is 13.4. The zero-order chi connectivity index (χ0) is 47.6. The number of aromatic nitrogens is 3. The number of likely N-dealkylation sites (N-methyl/N-ethyl adjacent to an activating group) is 1. The highest BCUT2D eigenvalue weighted by Gasteiger charge is 2.32. The standard InChI is InChI=1S/C31H40N6O5.2C7H5NO3S/c1-35(16-17-38)21-27(39)36(20-23-11-9-22(10-12-23)19-28(40)42-3)14-6-15-37-26(13-18-41-2)34-29-30(37)24-7-4-5-8-25(24)33-31(29)32;2*9-7-5-3-1-2-4-6(5)12(10,11)8-7/h4-5,7-12,38H,6,13-21H2,1-3H3,(H2,32,33);2*1-4H,(H,8,9). The number of ether oxygens (including phenoxy) is 2. The number of hydrogen-bond donors (Lipinski definition) is 4. The van der Waals surface area contributed by atoms with Crippen molar-refractivity contribution >= 4 is 71.5 Å². The van der Waals surface area contributed by atoms with E-state index in [1.807, 2.05) is 74.8 Å². The molecule has 0 aliphatic carbocycles. The predicted molar refractivity (Wildman–Crippen MR) is 244 cm³/mol. The molecular formula is C45H50N8O11S2. The van der Waals surface area contributed by atoms with Gasteiger partial charge in [0, 0.05) is 45.1 Å². The Morgan fingerprint density at radius 2 is 1.36 bits per heavy atom. The van der Waals surface area contributed by atoms with Crippen LogP contribution in [0.1, 0.15) is 44.1 Å². The quantitative estimate of drug-likeness (QED) is 0.108. The number of carbonyl (C=O) groups is 4. The lowest BCUT2D eigenvalue weighted by atomic mass is 10.1. The maximum absolute atomic E-state index is 13.4. The van der Waals surface area contributed by atoms with Gasteiger partial charge in [0.2, 0.25) is 5.91 Å². The Labute approximate surface area is 381 Å². The number of aliphatic hydroxyl groups excluding tert-OH is 1. The number of rotatable bonds is 15. The highest BCUT2D eigenvalue weighted by atomic mass is 32.2. The van der Waals surface area contributed by atoms with Crippen LogP contribution in [0.15, 0.2) is 107 Å². The van der Waals surface area contributed by atoms with Gasteiger partial charge >= 0.3 is 5.97 Å². The number of nitrogens with two attached hydrogens (primary N) is 1. The predicted octanol–water partition coefficient (Wildman–Crippen LogP) is 2.65. The second-order valence-electron chi connectivity index (χ2n) is 15.2. The molecule has 6 aromatic rings. The molecule has 2 aromatic heterocycles. The fourth-order valence-electron chi connectivity index (χ4n) is 7.29. The molecule has 19 nitrogen and oxygen atoms in total. The van der Waals surface area contributed by atoms with E-state index in [0.29, 0.717) is 57.0 Å². The normalized spacial score (nSPS) is 14.0. The van der Waals surface area contributed by atoms with Crippen LogP contribution in [0.25, 0.3) is 21.9 Å². The third kappa shape index (κ3) is 11.5. The number of benzene rings is 4. The van der Waals surface area contributed by atoms with E-state index >= 15 is 0 Å². The number of hydrogen-bond acceptors (Lipinski definition) is 15. The number of esters is 1. The zero-order valence-corrected chi connectivity index (χ0v) is 38.1. The van der Waals surface area contributed by atoms with Crippen LogP contribution in [0, 0.1) is 0 Å². The van der Waals surface area contributed by atoms with Gasteiger partial charge < -0.3 is 29.8 Å². The molecule has 4 heterocycles. The van der Waals surface area contributed by atoms with Gasteiger partial charge in [-0.25, -0.2) is 36.2 Å². The number of para-hydroxylation sites is 1. The summed E-state index contributed by atoms with van der Waals surface area (Å²) in [6.07, 6.45) is 1.49. The van der Waals surface area contributed by atoms with Crippen molar-refractivity contribution in [1.82, 2.24) is 33.8 Å². The molecule has 0 fully saturated rings. The van der Waals surface area contributed by atoms with Crippen molar-refractivity contribution in [3.63, 3.8) is 0 Å². The number of aryl methyl sites for hydroxylation is 1. The largest absolute Gasteiger partial charge is 0.469 e. The van der Waals surface area contributed by atoms with E-state index in [1.165, 1.54) is 31.4 Å². The number of nitrogens with one attached hydrogen (secondary N) is 2. The molecule has 0 spiro atoms. The fourth-order valence-corrected chi connectivity index (χ4v) is 9.63. The van der Waals surface area contributed by atoms with Crippen molar-refractivity contribution in [3.05, 3.63) is 125 Å². The molecule has 0 bridgehead atoms. The summed E-state index contributed by atoms with van der Waals surface area (Å²) in [5, 5.41) is 10.3. The van der Waals surface area contributed by atoms with Crippen LogP contribution in [-0.2, 0) is 65.0 Å². The summed E-state index contributed by atoms with van der Waals surface area (Å²) in [6.45, 7) is 2.66. The van der Waals surface area contributed by atoms with Crippen LogP contribution < -0.4 is 15.2 Å². The number of fused-ring (bicyclic) bond motifs is 5. The maximum Gasteiger partial charge on any atom is 0.309 e. The molecule has 0 radical (unpaired) electrons. The van der Waals surface area contributed by atoms with E-state index in [1.54, 1.807) is 31.4 Å². The molecule has 2 aliphatic heterocycles. The first-order chi connectivity index (χ1) is 31.6. The Morgan fingerprint density at radius 1 is 0.788 bits per heavy atom. The number of nitrogens with zero attached hydrogens (tertiary/aromatic N) is 5. The minimum atomic E-state index is -3.55. The van der Waals surface area contributed by atoms with Crippen molar-refractivity contribution in [2.45, 2.75) is 42.1 Å². The monoisotopic (exact) mass is 942 g/mol. The Hall–Kier alpha value is -6.78. The van der Waals surface area contributed by atoms with Gasteiger partial charge in [0.15, 0.2) is 5.82 Å². The molecule has 0 atom stereocenters. The van der Waals surface area contributed by atoms with E-state index in [2.05, 4.69) is 9.55 Å². The minimum Gasteiger partial charge on any atom is -0.469 e. The summed E-state index contributed by atoms with van der Waals surface area (Å²) < 4.78 is 60.6. The van der Waals surface area contributed by atoms with E-state index < -0.39 is 31.9 Å². The van der Waals surface area contributed by atoms with Crippen molar-refractivity contribution in [3.8, 4) is 0 Å². The van der Waals surface area contributed by atoms with Gasteiger partial charge in [0.05, 0.1) is 55.4 Å². The third-order valence-electron chi connectivity index (χ3n) is 10.5. The van der Waals surface area contributed by atoms with Gasteiger partial charge in [-0.1, -0.05) is 66.7 Å². The van der Waals surface area contributed by atoms with Crippen molar-refractivity contribution in [2.24, 2.45) is 0 Å². The Morgan fingerprint density at radius 3 is 1.94 bits per heavy atom. The molecule has 5 N–H and O–H groups in total. The molecule has 21 heteroatoms. The first-order valence-electron chi connectivity index (χ1n) is 20.6. The summed E-state index contributed by atoms with van der Waals surface area (Å²) in [7, 11) is -2.26. The van der Waals surface area contributed by atoms with Gasteiger partial charge in [0.1, 0.15) is 21.1 Å². The number of methoxy groups -OCH3 is 2. The van der Waals surface area contributed by atoms with Crippen LogP contribution in [0.4, 0.5) is 5.82 Å². The molecule has 2 aliphatic rings. The summed E-state index contributed by atoms with van der Waals surface area (Å²) in [5.74, 6) is -0.178. The van der Waals surface area contributed by atoms with Crippen LogP contribution in [0.2, 0.25) is 0 Å². The summed E-state index contributed by atoms with van der Waals surface area (Å²) in [4.78, 5) is 60.2. The zero-order valence-electron chi connectivity index (χ0n) is 36.5. The van der Waals surface area contributed by atoms with Gasteiger partial charge in [-0.05, 0) is 54.9 Å². The topological polar surface area (TPSA) is 263 Å². The van der Waals surface area contributed by atoms with Crippen LogP contribution in [-0.4, -0.2) is 124 Å². The lowest BCUT2D eigenvalue weighted by Gasteiger charge is -2.26. The van der Waals surface area contributed by atoms with Gasteiger partial charge in [-0.3, -0.25) is 24.1 Å². The Balaban J connectivity index is 0.000000239. The summed E-state index contributed by atoms with van der Waals surface area (Å²) in [6, 6.07) is 27.7. The molecule has 0 unspecified atom stereocenters. The average Bonchev–Trinajstić information content (AvgIpc) is 3.87. The number of nitrogen functional groups attached to an aromatic ring is 1. The Bertz CT molecular complexity index is 2890. The number of aliphatic hydroxyl groups is 1. The second-order valence-corrected chi connectivity index (χ2v) is 18.5. The number of sulfonamides is 2. The van der Waals surface area contributed by atoms with Gasteiger partial charge in [-0.15, -0.1) is 0 Å². The Kier molecular flexibility index (Phi) is 15.8. The van der Waals surface area contributed by atoms with Crippen molar-refractivity contribution in [2.75, 3.05) is 59.8 Å².